The number of amides is 1. The maximum absolute atomic E-state index is 12.6. The molecule has 7 heteroatoms. The topological polar surface area (TPSA) is 85.4 Å². The van der Waals surface area contributed by atoms with E-state index >= 15 is 0 Å². The Labute approximate surface area is 158 Å². The van der Waals surface area contributed by atoms with Crippen molar-refractivity contribution in [2.45, 2.75) is 31.4 Å². The lowest BCUT2D eigenvalue weighted by Crippen LogP contribution is -2.50. The number of carbonyl (C=O) groups is 1. The van der Waals surface area contributed by atoms with E-state index in [1.165, 1.54) is 25.2 Å². The molecule has 1 aliphatic heterocycles. The number of hydrogen-bond donors (Lipinski definition) is 2. The van der Waals surface area contributed by atoms with Crippen molar-refractivity contribution in [2.75, 3.05) is 25.1 Å². The van der Waals surface area contributed by atoms with Gasteiger partial charge in [-0.15, -0.1) is 0 Å². The van der Waals surface area contributed by atoms with E-state index in [4.69, 9.17) is 9.47 Å². The molecule has 1 aliphatic carbocycles. The first-order valence-electron chi connectivity index (χ1n) is 9.42. The Morgan fingerprint density at radius 1 is 1.15 bits per heavy atom. The molecule has 0 bridgehead atoms. The van der Waals surface area contributed by atoms with Crippen LogP contribution in [0, 0.1) is 5.92 Å². The van der Waals surface area contributed by atoms with Crippen LogP contribution in [0.2, 0.25) is 0 Å². The molecule has 1 aromatic carbocycles. The highest BCUT2D eigenvalue weighted by Gasteiger charge is 2.31. The number of aromatic nitrogens is 2. The minimum absolute atomic E-state index is 0.00300. The Kier molecular flexibility index (Phi) is 5.60. The van der Waals surface area contributed by atoms with Crippen LogP contribution in [0.25, 0.3) is 0 Å². The van der Waals surface area contributed by atoms with Gasteiger partial charge in [0.05, 0.1) is 24.3 Å². The summed E-state index contributed by atoms with van der Waals surface area (Å²) >= 11 is 0. The number of para-hydroxylation sites is 1. The molecule has 7 nitrogen and oxygen atoms in total. The highest BCUT2D eigenvalue weighted by molar-refractivity contribution is 5.93. The molecular formula is C20H24N4O3. The predicted octanol–water partition coefficient (Wildman–Crippen LogP) is 2.53. The second-order valence-electron chi connectivity index (χ2n) is 7.05. The first-order chi connectivity index (χ1) is 13.3. The molecule has 1 amide bonds. The van der Waals surface area contributed by atoms with Gasteiger partial charge in [-0.25, -0.2) is 9.97 Å². The molecule has 2 aromatic rings. The number of nitrogens with one attached hydrogen (secondary N) is 2. The zero-order chi connectivity index (χ0) is 18.5. The normalized spacial score (nSPS) is 22.2. The minimum Gasteiger partial charge on any atom is -0.379 e. The summed E-state index contributed by atoms with van der Waals surface area (Å²) in [4.78, 5) is 21.0. The molecule has 142 valence electrons. The van der Waals surface area contributed by atoms with Crippen LogP contribution in [-0.4, -0.2) is 47.8 Å². The van der Waals surface area contributed by atoms with Gasteiger partial charge < -0.3 is 20.1 Å². The summed E-state index contributed by atoms with van der Waals surface area (Å²) < 4.78 is 11.5. The number of hydrogen-bond acceptors (Lipinski definition) is 6. The fraction of sp³-hybridized carbons (Fsp3) is 0.450. The smallest absolute Gasteiger partial charge is 0.254 e. The Morgan fingerprint density at radius 2 is 1.93 bits per heavy atom. The molecule has 0 radical (unpaired) electrons. The van der Waals surface area contributed by atoms with Crippen molar-refractivity contribution in [3.8, 4) is 0 Å². The van der Waals surface area contributed by atoms with Gasteiger partial charge in [-0.2, -0.15) is 0 Å². The molecule has 2 N–H and O–H groups in total. The van der Waals surface area contributed by atoms with Gasteiger partial charge in [-0.05, 0) is 37.3 Å². The molecule has 1 saturated carbocycles. The summed E-state index contributed by atoms with van der Waals surface area (Å²) in [5.41, 5.74) is 1.31. The third-order valence-corrected chi connectivity index (χ3v) is 4.80. The van der Waals surface area contributed by atoms with E-state index in [1.807, 2.05) is 30.3 Å². The maximum Gasteiger partial charge on any atom is 0.254 e. The Hall–Kier alpha value is -2.51. The average molecular weight is 368 g/mol. The van der Waals surface area contributed by atoms with E-state index in [0.29, 0.717) is 30.6 Å². The van der Waals surface area contributed by atoms with Crippen LogP contribution in [0.5, 0.6) is 0 Å². The third kappa shape index (κ3) is 5.02. The van der Waals surface area contributed by atoms with Gasteiger partial charge in [-0.3, -0.25) is 4.79 Å². The lowest BCUT2D eigenvalue weighted by molar-refractivity contribution is -0.0567. The summed E-state index contributed by atoms with van der Waals surface area (Å²) in [5.74, 6) is 0.934. The molecule has 1 saturated heterocycles. The van der Waals surface area contributed by atoms with Gasteiger partial charge in [0.2, 0.25) is 5.95 Å². The van der Waals surface area contributed by atoms with E-state index in [2.05, 4.69) is 20.6 Å². The van der Waals surface area contributed by atoms with Crippen molar-refractivity contribution in [3.05, 3.63) is 48.3 Å². The van der Waals surface area contributed by atoms with E-state index in [0.717, 1.165) is 18.7 Å². The highest BCUT2D eigenvalue weighted by Crippen LogP contribution is 2.30. The lowest BCUT2D eigenvalue weighted by Gasteiger charge is -2.32. The number of benzene rings is 1. The summed E-state index contributed by atoms with van der Waals surface area (Å²) in [6, 6.07) is 9.50. The zero-order valence-electron chi connectivity index (χ0n) is 15.1. The fourth-order valence-electron chi connectivity index (χ4n) is 3.01. The molecule has 0 unspecified atom stereocenters. The van der Waals surface area contributed by atoms with E-state index < -0.39 is 0 Å². The van der Waals surface area contributed by atoms with Crippen LogP contribution in [0.1, 0.15) is 29.6 Å². The summed E-state index contributed by atoms with van der Waals surface area (Å²) in [6.07, 6.45) is 6.35. The Balaban J connectivity index is 1.33. The molecule has 0 spiro atoms. The van der Waals surface area contributed by atoms with Crippen LogP contribution in [0.15, 0.2) is 42.7 Å². The van der Waals surface area contributed by atoms with Crippen molar-refractivity contribution >= 4 is 17.5 Å². The SMILES string of the molecule is O=C(N[C@@H]1COCC[C@@H]1OCC1CC1)c1cnc(Nc2ccccc2)nc1. The summed E-state index contributed by atoms with van der Waals surface area (Å²) in [5, 5.41) is 6.11. The van der Waals surface area contributed by atoms with E-state index in [9.17, 15) is 4.79 Å². The lowest BCUT2D eigenvalue weighted by atomic mass is 10.1. The molecule has 2 fully saturated rings. The first-order valence-corrected chi connectivity index (χ1v) is 9.42. The van der Waals surface area contributed by atoms with Crippen molar-refractivity contribution in [1.82, 2.24) is 15.3 Å². The van der Waals surface area contributed by atoms with Crippen molar-refractivity contribution < 1.29 is 14.3 Å². The van der Waals surface area contributed by atoms with Crippen LogP contribution >= 0.6 is 0 Å². The van der Waals surface area contributed by atoms with Crippen molar-refractivity contribution in [2.24, 2.45) is 5.92 Å². The van der Waals surface area contributed by atoms with Gasteiger partial charge in [0.1, 0.15) is 0 Å². The Morgan fingerprint density at radius 3 is 2.67 bits per heavy atom. The second-order valence-corrected chi connectivity index (χ2v) is 7.05. The minimum atomic E-state index is -0.211. The molecule has 4 rings (SSSR count). The van der Waals surface area contributed by atoms with Gasteiger partial charge in [0.25, 0.3) is 5.91 Å². The number of carbonyl (C=O) groups excluding carboxylic acids is 1. The molecule has 27 heavy (non-hydrogen) atoms. The standard InChI is InChI=1S/C20H24N4O3/c25-19(24-17-13-26-9-8-18(17)27-12-14-6-7-14)15-10-21-20(22-11-15)23-16-4-2-1-3-5-16/h1-5,10-11,14,17-18H,6-9,12-13H2,(H,24,25)(H,21,22,23)/t17-,18+/m1/s1. The quantitative estimate of drug-likeness (QED) is 0.781. The van der Waals surface area contributed by atoms with Crippen LogP contribution < -0.4 is 10.6 Å². The largest absolute Gasteiger partial charge is 0.379 e. The van der Waals surface area contributed by atoms with Crippen molar-refractivity contribution in [1.29, 1.82) is 0 Å². The van der Waals surface area contributed by atoms with Crippen molar-refractivity contribution in [3.63, 3.8) is 0 Å². The summed E-state index contributed by atoms with van der Waals surface area (Å²) in [6.45, 7) is 1.92. The Bertz CT molecular complexity index is 750. The number of nitrogens with zero attached hydrogens (tertiary/aromatic N) is 2. The van der Waals surface area contributed by atoms with Crippen LogP contribution in [0.4, 0.5) is 11.6 Å². The number of ether oxygens (including phenoxy) is 2. The maximum atomic E-state index is 12.6. The molecule has 2 atom stereocenters. The monoisotopic (exact) mass is 368 g/mol. The van der Waals surface area contributed by atoms with Crippen LogP contribution in [0.3, 0.4) is 0 Å². The second kappa shape index (κ2) is 8.45. The van der Waals surface area contributed by atoms with E-state index in [1.54, 1.807) is 0 Å². The third-order valence-electron chi connectivity index (χ3n) is 4.80. The molecular weight excluding hydrogens is 344 g/mol. The fourth-order valence-corrected chi connectivity index (χ4v) is 3.01. The number of rotatable bonds is 7. The summed E-state index contributed by atoms with van der Waals surface area (Å²) in [7, 11) is 0. The van der Waals surface area contributed by atoms with E-state index in [-0.39, 0.29) is 18.1 Å². The first kappa shape index (κ1) is 17.9. The molecule has 1 aromatic heterocycles. The zero-order valence-corrected chi connectivity index (χ0v) is 15.1. The predicted molar refractivity (Wildman–Crippen MR) is 101 cm³/mol. The van der Waals surface area contributed by atoms with Gasteiger partial charge >= 0.3 is 0 Å². The molecule has 2 heterocycles. The number of anilines is 2. The molecule has 2 aliphatic rings. The average Bonchev–Trinajstić information content (AvgIpc) is 3.53. The van der Waals surface area contributed by atoms with Crippen LogP contribution in [-0.2, 0) is 9.47 Å². The van der Waals surface area contributed by atoms with Gasteiger partial charge in [0.15, 0.2) is 0 Å². The van der Waals surface area contributed by atoms with Gasteiger partial charge in [0, 0.05) is 31.3 Å². The van der Waals surface area contributed by atoms with Gasteiger partial charge in [-0.1, -0.05) is 18.2 Å². The highest BCUT2D eigenvalue weighted by atomic mass is 16.5.